The number of carboxylic acids is 2. The van der Waals surface area contributed by atoms with Crippen molar-refractivity contribution in [2.75, 3.05) is 20.7 Å². The number of carboxylic acid groups (broad SMARTS) is 2. The Morgan fingerprint density at radius 2 is 1.45 bits per heavy atom. The Kier molecular flexibility index (Phi) is 11.8. The van der Waals surface area contributed by atoms with Crippen molar-refractivity contribution >= 4 is 17.8 Å². The van der Waals surface area contributed by atoms with Gasteiger partial charge in [-0.1, -0.05) is 55.0 Å². The highest BCUT2D eigenvalue weighted by Gasteiger charge is 2.14. The molecule has 0 bridgehead atoms. The van der Waals surface area contributed by atoms with Crippen LogP contribution in [0.1, 0.15) is 65.6 Å². The molecule has 0 unspecified atom stereocenters. The number of hydrogen-bond acceptors (Lipinski definition) is 4. The molecule has 7 nitrogen and oxygen atoms in total. The minimum atomic E-state index is -0.865. The number of carbonyl (C=O) groups excluding carboxylic acids is 1. The van der Waals surface area contributed by atoms with E-state index in [1.807, 2.05) is 48.5 Å². The third-order valence-corrected chi connectivity index (χ3v) is 6.78. The minimum absolute atomic E-state index is 0.00819. The first-order valence-electron chi connectivity index (χ1n) is 13.8. The lowest BCUT2D eigenvalue weighted by Crippen LogP contribution is -2.21. The number of benzene rings is 3. The van der Waals surface area contributed by atoms with E-state index in [1.165, 1.54) is 0 Å². The van der Waals surface area contributed by atoms with Crippen molar-refractivity contribution in [3.63, 3.8) is 0 Å². The summed E-state index contributed by atoms with van der Waals surface area (Å²) in [5.74, 6) is -1.11. The molecule has 0 saturated carbocycles. The van der Waals surface area contributed by atoms with Crippen LogP contribution in [0.25, 0.3) is 11.1 Å². The van der Waals surface area contributed by atoms with Crippen molar-refractivity contribution in [1.29, 1.82) is 0 Å². The summed E-state index contributed by atoms with van der Waals surface area (Å²) in [6.45, 7) is 0.274. The van der Waals surface area contributed by atoms with Crippen molar-refractivity contribution in [3.05, 3.63) is 89.0 Å². The number of ether oxygens (including phenoxy) is 1. The van der Waals surface area contributed by atoms with Gasteiger partial charge in [0.05, 0.1) is 6.61 Å². The molecule has 3 aromatic rings. The van der Waals surface area contributed by atoms with Gasteiger partial charge in [-0.3, -0.25) is 14.4 Å². The summed E-state index contributed by atoms with van der Waals surface area (Å²) < 4.78 is 5.85. The van der Waals surface area contributed by atoms with E-state index in [9.17, 15) is 19.5 Å². The fraction of sp³-hybridized carbons (Fsp3) is 0.364. The number of hydrogen-bond donors (Lipinski definition) is 2. The molecule has 0 spiro atoms. The molecule has 0 aromatic heterocycles. The predicted octanol–water partition coefficient (Wildman–Crippen LogP) is 6.27. The van der Waals surface area contributed by atoms with Crippen molar-refractivity contribution in [3.8, 4) is 16.9 Å². The van der Waals surface area contributed by atoms with Crippen LogP contribution in [0, 0.1) is 0 Å². The zero-order valence-electron chi connectivity index (χ0n) is 23.4. The molecule has 0 radical (unpaired) electrons. The molecule has 0 saturated heterocycles. The second-order valence-corrected chi connectivity index (χ2v) is 10.2. The molecule has 212 valence electrons. The van der Waals surface area contributed by atoms with Crippen LogP contribution in [0.3, 0.4) is 0 Å². The number of rotatable bonds is 16. The van der Waals surface area contributed by atoms with Crippen LogP contribution in [-0.2, 0) is 28.9 Å². The molecule has 0 aliphatic carbocycles. The molecule has 3 aromatic carbocycles. The van der Waals surface area contributed by atoms with Crippen LogP contribution in [0.15, 0.2) is 66.7 Å². The fourth-order valence-corrected chi connectivity index (χ4v) is 4.74. The minimum Gasteiger partial charge on any atom is -0.493 e. The maximum absolute atomic E-state index is 12.7. The molecule has 0 aliphatic heterocycles. The number of amides is 1. The third-order valence-electron chi connectivity index (χ3n) is 6.78. The Balaban J connectivity index is 1.64. The van der Waals surface area contributed by atoms with E-state index in [4.69, 9.17) is 9.84 Å². The lowest BCUT2D eigenvalue weighted by molar-refractivity contribution is -0.138. The third kappa shape index (κ3) is 9.56. The van der Waals surface area contributed by atoms with Gasteiger partial charge in [0.25, 0.3) is 5.91 Å². The van der Waals surface area contributed by atoms with Crippen LogP contribution in [0.4, 0.5) is 0 Å². The van der Waals surface area contributed by atoms with Gasteiger partial charge in [0.15, 0.2) is 0 Å². The van der Waals surface area contributed by atoms with Gasteiger partial charge in [-0.05, 0) is 84.5 Å². The highest BCUT2D eigenvalue weighted by molar-refractivity contribution is 5.95. The Morgan fingerprint density at radius 1 is 0.725 bits per heavy atom. The number of aliphatic carboxylic acids is 2. The molecule has 3 rings (SSSR count). The summed E-state index contributed by atoms with van der Waals surface area (Å²) in [7, 11) is 3.52. The number of unbranched alkanes of at least 4 members (excludes halogenated alkanes) is 2. The van der Waals surface area contributed by atoms with Crippen LogP contribution in [-0.4, -0.2) is 53.7 Å². The van der Waals surface area contributed by atoms with E-state index in [0.717, 1.165) is 59.9 Å². The highest BCUT2D eigenvalue weighted by atomic mass is 16.5. The van der Waals surface area contributed by atoms with Crippen molar-refractivity contribution in [2.45, 2.75) is 57.8 Å². The summed E-state index contributed by atoms with van der Waals surface area (Å²) in [5, 5.41) is 18.1. The molecular weight excluding hydrogens is 506 g/mol. The lowest BCUT2D eigenvalue weighted by atomic mass is 9.95. The molecule has 7 heteroatoms. The average molecular weight is 546 g/mol. The van der Waals surface area contributed by atoms with Crippen LogP contribution >= 0.6 is 0 Å². The van der Waals surface area contributed by atoms with Crippen LogP contribution < -0.4 is 4.74 Å². The molecule has 0 atom stereocenters. The van der Waals surface area contributed by atoms with E-state index in [0.29, 0.717) is 24.2 Å². The molecule has 0 aliphatic rings. The second-order valence-electron chi connectivity index (χ2n) is 10.2. The highest BCUT2D eigenvalue weighted by Crippen LogP contribution is 2.27. The smallest absolute Gasteiger partial charge is 0.303 e. The predicted molar refractivity (Wildman–Crippen MR) is 156 cm³/mol. The quantitative estimate of drug-likeness (QED) is 0.206. The summed E-state index contributed by atoms with van der Waals surface area (Å²) in [6, 6.07) is 21.9. The molecule has 1 amide bonds. The van der Waals surface area contributed by atoms with Gasteiger partial charge in [-0.15, -0.1) is 0 Å². The van der Waals surface area contributed by atoms with E-state index in [2.05, 4.69) is 18.2 Å². The molecule has 0 heterocycles. The van der Waals surface area contributed by atoms with E-state index in [-0.39, 0.29) is 25.4 Å². The normalized spacial score (nSPS) is 10.8. The first-order chi connectivity index (χ1) is 19.2. The van der Waals surface area contributed by atoms with Gasteiger partial charge in [-0.2, -0.15) is 0 Å². The Morgan fingerprint density at radius 3 is 2.15 bits per heavy atom. The fourth-order valence-electron chi connectivity index (χ4n) is 4.74. The summed E-state index contributed by atoms with van der Waals surface area (Å²) in [6.07, 6.45) is 5.34. The van der Waals surface area contributed by atoms with E-state index >= 15 is 0 Å². The van der Waals surface area contributed by atoms with Crippen molar-refractivity contribution < 1.29 is 29.3 Å². The monoisotopic (exact) mass is 545 g/mol. The van der Waals surface area contributed by atoms with Crippen molar-refractivity contribution in [1.82, 2.24) is 4.90 Å². The van der Waals surface area contributed by atoms with E-state index < -0.39 is 11.9 Å². The summed E-state index contributed by atoms with van der Waals surface area (Å²) in [5.41, 5.74) is 5.89. The average Bonchev–Trinajstić information content (AvgIpc) is 2.94. The van der Waals surface area contributed by atoms with Gasteiger partial charge in [0, 0.05) is 32.5 Å². The van der Waals surface area contributed by atoms with E-state index in [1.54, 1.807) is 19.0 Å². The lowest BCUT2D eigenvalue weighted by Gasteiger charge is -2.16. The van der Waals surface area contributed by atoms with Gasteiger partial charge < -0.3 is 19.8 Å². The Hall–Kier alpha value is -4.13. The first kappa shape index (κ1) is 30.4. The van der Waals surface area contributed by atoms with Gasteiger partial charge in [0.1, 0.15) is 5.75 Å². The first-order valence-corrected chi connectivity index (χ1v) is 13.8. The zero-order valence-corrected chi connectivity index (χ0v) is 23.4. The Bertz CT molecular complexity index is 1290. The number of nitrogens with zero attached hydrogens (tertiary/aromatic N) is 1. The largest absolute Gasteiger partial charge is 0.493 e. The Labute approximate surface area is 236 Å². The van der Waals surface area contributed by atoms with Crippen molar-refractivity contribution in [2.24, 2.45) is 0 Å². The molecular formula is C33H39NO6. The molecule has 0 fully saturated rings. The molecule has 40 heavy (non-hydrogen) atoms. The SMILES string of the molecule is CN(C)C(=O)c1cc(CCCCCc2cccc(OCCCC(=O)O)c2CCC(=O)O)cc(-c2ccccc2)c1. The van der Waals surface area contributed by atoms with Gasteiger partial charge in [0.2, 0.25) is 0 Å². The summed E-state index contributed by atoms with van der Waals surface area (Å²) in [4.78, 5) is 36.4. The van der Waals surface area contributed by atoms with Crippen LogP contribution in [0.5, 0.6) is 5.75 Å². The van der Waals surface area contributed by atoms with Crippen LogP contribution in [0.2, 0.25) is 0 Å². The second kappa shape index (κ2) is 15.5. The molecule has 2 N–H and O–H groups in total. The summed E-state index contributed by atoms with van der Waals surface area (Å²) >= 11 is 0. The van der Waals surface area contributed by atoms with Gasteiger partial charge in [-0.25, -0.2) is 0 Å². The topological polar surface area (TPSA) is 104 Å². The maximum atomic E-state index is 12.7. The standard InChI is InChI=1S/C33H39NO6/c1-34(2)33(39)28-22-24(21-27(23-28)25-12-6-4-7-13-25)11-5-3-8-14-26-15-9-16-30(29(26)18-19-32(37)38)40-20-10-17-31(35)36/h4,6-7,9,12-13,15-16,21-23H,3,5,8,10-11,14,17-20H2,1-2H3,(H,35,36)(H,37,38). The number of carbonyl (C=O) groups is 3. The zero-order chi connectivity index (χ0) is 28.9. The van der Waals surface area contributed by atoms with Gasteiger partial charge >= 0.3 is 11.9 Å². The number of aryl methyl sites for hydroxylation is 2. The maximum Gasteiger partial charge on any atom is 0.303 e.